The first-order chi connectivity index (χ1) is 13.8. The highest BCUT2D eigenvalue weighted by molar-refractivity contribution is 5.62. The molecule has 0 radical (unpaired) electrons. The second kappa shape index (κ2) is 6.49. The molecule has 5 rings (SSSR count). The summed E-state index contributed by atoms with van der Waals surface area (Å²) in [7, 11) is 0. The van der Waals surface area contributed by atoms with E-state index in [9.17, 15) is 0 Å². The van der Waals surface area contributed by atoms with Gasteiger partial charge >= 0.3 is 0 Å². The Morgan fingerprint density at radius 3 is 1.46 bits per heavy atom. The molecule has 136 valence electrons. The number of benzene rings is 4. The molecule has 0 nitrogen and oxygen atoms in total. The summed E-state index contributed by atoms with van der Waals surface area (Å²) in [6.45, 7) is 2.44. The lowest BCUT2D eigenvalue weighted by molar-refractivity contribution is 0.363. The van der Waals surface area contributed by atoms with E-state index in [1.807, 2.05) is 0 Å². The van der Waals surface area contributed by atoms with Crippen LogP contribution in [-0.4, -0.2) is 0 Å². The molecular weight excluding hydrogens is 336 g/mol. The van der Waals surface area contributed by atoms with E-state index in [0.29, 0.717) is 0 Å². The summed E-state index contributed by atoms with van der Waals surface area (Å²) in [6, 6.07) is 42.2. The zero-order valence-corrected chi connectivity index (χ0v) is 16.2. The maximum Gasteiger partial charge on any atom is 0.0377 e. The summed E-state index contributed by atoms with van der Waals surface area (Å²) in [4.78, 5) is 0. The van der Waals surface area contributed by atoms with Gasteiger partial charge in [0.15, 0.2) is 0 Å². The summed E-state index contributed by atoms with van der Waals surface area (Å²) >= 11 is 0. The van der Waals surface area contributed by atoms with Gasteiger partial charge in [0.2, 0.25) is 0 Å². The number of rotatable bonds is 3. The van der Waals surface area contributed by atoms with Crippen molar-refractivity contribution in [3.05, 3.63) is 143 Å². The van der Waals surface area contributed by atoms with Crippen LogP contribution < -0.4 is 0 Å². The van der Waals surface area contributed by atoms with Crippen LogP contribution in [0.2, 0.25) is 0 Å². The van der Waals surface area contributed by atoms with Gasteiger partial charge in [0.1, 0.15) is 0 Å². The minimum absolute atomic E-state index is 0.152. The van der Waals surface area contributed by atoms with E-state index in [0.717, 1.165) is 6.42 Å². The zero-order chi connectivity index (χ0) is 19.0. The van der Waals surface area contributed by atoms with Gasteiger partial charge in [0.25, 0.3) is 0 Å². The van der Waals surface area contributed by atoms with E-state index in [1.54, 1.807) is 0 Å². The molecule has 4 aromatic carbocycles. The quantitative estimate of drug-likeness (QED) is 0.389. The molecule has 0 spiro atoms. The average Bonchev–Trinajstić information content (AvgIpc) is 3.06. The van der Waals surface area contributed by atoms with Crippen LogP contribution in [0.25, 0.3) is 0 Å². The van der Waals surface area contributed by atoms with E-state index in [2.05, 4.69) is 122 Å². The average molecular weight is 361 g/mol. The lowest BCUT2D eigenvalue weighted by Gasteiger charge is -2.46. The number of hydrogen-bond acceptors (Lipinski definition) is 0. The summed E-state index contributed by atoms with van der Waals surface area (Å²) < 4.78 is 0. The Balaban J connectivity index is 1.91. The van der Waals surface area contributed by atoms with Crippen LogP contribution in [0.3, 0.4) is 0 Å². The predicted octanol–water partition coefficient (Wildman–Crippen LogP) is 6.54. The largest absolute Gasteiger partial charge is 0.0622 e. The second-order valence-corrected chi connectivity index (χ2v) is 7.96. The van der Waals surface area contributed by atoms with Crippen LogP contribution >= 0.6 is 0 Å². The molecule has 0 aromatic heterocycles. The third kappa shape index (κ3) is 2.24. The summed E-state index contributed by atoms with van der Waals surface area (Å²) in [6.07, 6.45) is 1.00. The third-order valence-electron chi connectivity index (χ3n) is 6.75. The van der Waals surface area contributed by atoms with Gasteiger partial charge in [-0.05, 0) is 34.2 Å². The second-order valence-electron chi connectivity index (χ2n) is 7.96. The summed E-state index contributed by atoms with van der Waals surface area (Å²) in [5.41, 5.74) is 6.70. The fourth-order valence-electron chi connectivity index (χ4n) is 5.42. The van der Waals surface area contributed by atoms with Crippen molar-refractivity contribution in [3.63, 3.8) is 0 Å². The standard InChI is InChI=1S/C28H24/c1-27(23-14-5-2-6-15-23)26-20-12-11-13-22(26)21-28(27,24-16-7-3-8-17-24)25-18-9-4-10-19-25/h2-20H,21H2,1H3. The zero-order valence-electron chi connectivity index (χ0n) is 16.2. The van der Waals surface area contributed by atoms with Crippen molar-refractivity contribution in [2.45, 2.75) is 24.2 Å². The van der Waals surface area contributed by atoms with Crippen molar-refractivity contribution >= 4 is 0 Å². The minimum Gasteiger partial charge on any atom is -0.0622 e. The van der Waals surface area contributed by atoms with Crippen LogP contribution in [0.15, 0.2) is 115 Å². The highest BCUT2D eigenvalue weighted by atomic mass is 14.6. The molecule has 0 fully saturated rings. The fraction of sp³-hybridized carbons (Fsp3) is 0.143. The van der Waals surface area contributed by atoms with Crippen molar-refractivity contribution < 1.29 is 0 Å². The minimum atomic E-state index is -0.159. The van der Waals surface area contributed by atoms with E-state index >= 15 is 0 Å². The molecule has 0 N–H and O–H groups in total. The van der Waals surface area contributed by atoms with Crippen LogP contribution in [0.4, 0.5) is 0 Å². The lowest BCUT2D eigenvalue weighted by Crippen LogP contribution is -2.46. The van der Waals surface area contributed by atoms with Crippen LogP contribution in [0.1, 0.15) is 34.7 Å². The first-order valence-corrected chi connectivity index (χ1v) is 10.0. The maximum atomic E-state index is 2.44. The first-order valence-electron chi connectivity index (χ1n) is 10.0. The van der Waals surface area contributed by atoms with E-state index < -0.39 is 0 Å². The van der Waals surface area contributed by atoms with Gasteiger partial charge in [-0.3, -0.25) is 0 Å². The Bertz CT molecular complexity index is 1040. The van der Waals surface area contributed by atoms with Crippen molar-refractivity contribution in [2.75, 3.05) is 0 Å². The molecule has 1 aliphatic carbocycles. The predicted molar refractivity (Wildman–Crippen MR) is 117 cm³/mol. The van der Waals surface area contributed by atoms with E-state index in [1.165, 1.54) is 27.8 Å². The number of fused-ring (bicyclic) bond motifs is 1. The van der Waals surface area contributed by atoms with Crippen LogP contribution in [0.5, 0.6) is 0 Å². The van der Waals surface area contributed by atoms with Crippen molar-refractivity contribution in [2.24, 2.45) is 0 Å². The molecule has 1 unspecified atom stereocenters. The fourth-order valence-corrected chi connectivity index (χ4v) is 5.42. The molecule has 0 heterocycles. The van der Waals surface area contributed by atoms with Crippen LogP contribution in [0, 0.1) is 0 Å². The van der Waals surface area contributed by atoms with Crippen LogP contribution in [-0.2, 0) is 17.3 Å². The molecule has 0 bridgehead atoms. The van der Waals surface area contributed by atoms with Gasteiger partial charge in [-0.2, -0.15) is 0 Å². The Kier molecular flexibility index (Phi) is 3.94. The lowest BCUT2D eigenvalue weighted by atomic mass is 9.55. The topological polar surface area (TPSA) is 0 Å². The molecule has 0 saturated heterocycles. The summed E-state index contributed by atoms with van der Waals surface area (Å²) in [5.74, 6) is 0. The third-order valence-corrected chi connectivity index (χ3v) is 6.75. The molecule has 1 atom stereocenters. The molecule has 0 aliphatic heterocycles. The highest BCUT2D eigenvalue weighted by Gasteiger charge is 2.57. The Labute approximate surface area is 167 Å². The smallest absolute Gasteiger partial charge is 0.0377 e. The van der Waals surface area contributed by atoms with Gasteiger partial charge in [-0.1, -0.05) is 122 Å². The monoisotopic (exact) mass is 360 g/mol. The first kappa shape index (κ1) is 17.0. The van der Waals surface area contributed by atoms with Gasteiger partial charge < -0.3 is 0 Å². The van der Waals surface area contributed by atoms with E-state index in [-0.39, 0.29) is 10.8 Å². The molecule has 0 amide bonds. The summed E-state index contributed by atoms with van der Waals surface area (Å²) in [5, 5.41) is 0. The van der Waals surface area contributed by atoms with Gasteiger partial charge in [-0.25, -0.2) is 0 Å². The molecule has 1 aliphatic rings. The maximum absolute atomic E-state index is 2.44. The van der Waals surface area contributed by atoms with Crippen molar-refractivity contribution in [1.29, 1.82) is 0 Å². The normalized spacial score (nSPS) is 19.9. The molecular formula is C28H24. The Morgan fingerprint density at radius 2 is 0.929 bits per heavy atom. The highest BCUT2D eigenvalue weighted by Crippen LogP contribution is 2.59. The SMILES string of the molecule is CC1(c2ccccc2)c2ccccc2CC1(c1ccccc1)c1ccccc1. The van der Waals surface area contributed by atoms with E-state index in [4.69, 9.17) is 0 Å². The van der Waals surface area contributed by atoms with Crippen molar-refractivity contribution in [3.8, 4) is 0 Å². The van der Waals surface area contributed by atoms with Gasteiger partial charge in [-0.15, -0.1) is 0 Å². The molecule has 0 saturated carbocycles. The molecule has 0 heteroatoms. The van der Waals surface area contributed by atoms with Crippen molar-refractivity contribution in [1.82, 2.24) is 0 Å². The molecule has 28 heavy (non-hydrogen) atoms. The Morgan fingerprint density at radius 1 is 0.500 bits per heavy atom. The Hall–Kier alpha value is -3.12. The number of hydrogen-bond donors (Lipinski definition) is 0. The molecule has 4 aromatic rings. The van der Waals surface area contributed by atoms with Gasteiger partial charge in [0.05, 0.1) is 0 Å². The van der Waals surface area contributed by atoms with Gasteiger partial charge in [0, 0.05) is 10.8 Å².